The van der Waals surface area contributed by atoms with E-state index in [1.165, 1.54) is 31.8 Å². The maximum absolute atomic E-state index is 2.23. The molecule has 192 valence electrons. The van der Waals surface area contributed by atoms with Gasteiger partial charge in [0.15, 0.2) is 0 Å². The summed E-state index contributed by atoms with van der Waals surface area (Å²) in [6.07, 6.45) is 0. The third-order valence-corrected chi connectivity index (χ3v) is 10.8. The molecule has 38 heavy (non-hydrogen) atoms. The molecule has 4 heteroatoms. The third kappa shape index (κ3) is 7.74. The van der Waals surface area contributed by atoms with E-state index in [-0.39, 0.29) is 33.6 Å². The van der Waals surface area contributed by atoms with Crippen LogP contribution in [0.25, 0.3) is 0 Å². The van der Waals surface area contributed by atoms with Gasteiger partial charge in [-0.05, 0) is 37.1 Å². The molecular formula is C34H28FeNiP2. The van der Waals surface area contributed by atoms with Crippen molar-refractivity contribution < 1.29 is 33.6 Å². The third-order valence-electron chi connectivity index (χ3n) is 5.86. The first-order valence-electron chi connectivity index (χ1n) is 12.1. The fraction of sp³-hybridized carbons (Fsp3) is 0. The minimum Gasteiger partial charge on any atom is -0.213 e. The van der Waals surface area contributed by atoms with E-state index in [2.05, 4.69) is 170 Å². The molecule has 0 amide bonds. The van der Waals surface area contributed by atoms with Crippen molar-refractivity contribution in [3.63, 3.8) is 0 Å². The Hall–Kier alpha value is -2.55. The van der Waals surface area contributed by atoms with E-state index in [9.17, 15) is 0 Å². The first kappa shape index (κ1) is 30.0. The van der Waals surface area contributed by atoms with Crippen LogP contribution < -0.4 is 31.8 Å². The molecule has 0 bridgehead atoms. The zero-order valence-corrected chi connectivity index (χ0v) is 24.6. The van der Waals surface area contributed by atoms with E-state index in [4.69, 9.17) is 0 Å². The average Bonchev–Trinajstić information content (AvgIpc) is 3.68. The molecule has 0 atom stereocenters. The van der Waals surface area contributed by atoms with Gasteiger partial charge in [0.05, 0.1) is 0 Å². The largest absolute Gasteiger partial charge is 2.00 e. The van der Waals surface area contributed by atoms with Gasteiger partial charge in [-0.1, -0.05) is 121 Å². The molecule has 0 aliphatic carbocycles. The van der Waals surface area contributed by atoms with Crippen molar-refractivity contribution in [2.24, 2.45) is 0 Å². The number of rotatable bonds is 6. The summed E-state index contributed by atoms with van der Waals surface area (Å²) < 4.78 is 0. The molecule has 0 N–H and O–H groups in total. The van der Waals surface area contributed by atoms with E-state index < -0.39 is 15.8 Å². The molecule has 0 unspecified atom stereocenters. The Bertz CT molecular complexity index is 1210. The fourth-order valence-electron chi connectivity index (χ4n) is 4.23. The molecule has 0 radical (unpaired) electrons. The maximum atomic E-state index is 2.23. The van der Waals surface area contributed by atoms with Crippen molar-refractivity contribution in [1.82, 2.24) is 0 Å². The van der Waals surface area contributed by atoms with Crippen molar-refractivity contribution in [3.8, 4) is 0 Å². The average molecular weight is 613 g/mol. The van der Waals surface area contributed by atoms with Crippen molar-refractivity contribution in [1.29, 1.82) is 0 Å². The van der Waals surface area contributed by atoms with Gasteiger partial charge in [0, 0.05) is 16.5 Å². The second-order valence-electron chi connectivity index (χ2n) is 8.30. The summed E-state index contributed by atoms with van der Waals surface area (Å²) in [5.41, 5.74) is 0. The van der Waals surface area contributed by atoms with Crippen LogP contribution in [0.3, 0.4) is 0 Å². The minimum atomic E-state index is -0.409. The van der Waals surface area contributed by atoms with E-state index in [1.54, 1.807) is 0 Å². The summed E-state index contributed by atoms with van der Waals surface area (Å²) in [5.74, 6) is 0. The van der Waals surface area contributed by atoms with Gasteiger partial charge in [0.2, 0.25) is 0 Å². The summed E-state index contributed by atoms with van der Waals surface area (Å²) in [5, 5.41) is 8.47. The SMILES string of the molecule is [Fe+2].[Ni].c1ccc(P(c2ccccc2)c2ccc[cH-]2)cc1.c1ccc(P(c2ccccc2)c2ccc[cH-]2)cc1. The molecule has 0 nitrogen and oxygen atoms in total. The van der Waals surface area contributed by atoms with Gasteiger partial charge >= 0.3 is 17.1 Å². The number of hydrogen-bond acceptors (Lipinski definition) is 0. The molecule has 0 fully saturated rings. The Morgan fingerprint density at radius 3 is 0.816 bits per heavy atom. The van der Waals surface area contributed by atoms with Gasteiger partial charge in [-0.2, -0.15) is 24.3 Å². The van der Waals surface area contributed by atoms with Gasteiger partial charge < -0.3 is 0 Å². The predicted octanol–water partition coefficient (Wildman–Crippen LogP) is 6.32. The van der Waals surface area contributed by atoms with Crippen LogP contribution in [0, 0.1) is 0 Å². The number of benzene rings is 4. The first-order chi connectivity index (χ1) is 17.9. The fourth-order valence-corrected chi connectivity index (χ4v) is 8.84. The van der Waals surface area contributed by atoms with Crippen molar-refractivity contribution >= 4 is 47.7 Å². The number of hydrogen-bond donors (Lipinski definition) is 0. The smallest absolute Gasteiger partial charge is 0.213 e. The van der Waals surface area contributed by atoms with Crippen LogP contribution >= 0.6 is 15.8 Å². The zero-order valence-electron chi connectivity index (χ0n) is 20.7. The van der Waals surface area contributed by atoms with Crippen molar-refractivity contribution in [2.75, 3.05) is 0 Å². The van der Waals surface area contributed by atoms with E-state index in [1.807, 2.05) is 0 Å². The van der Waals surface area contributed by atoms with E-state index in [0.29, 0.717) is 0 Å². The van der Waals surface area contributed by atoms with Crippen LogP contribution in [0.1, 0.15) is 0 Å². The summed E-state index contributed by atoms with van der Waals surface area (Å²) in [4.78, 5) is 0. The molecule has 6 aromatic carbocycles. The quantitative estimate of drug-likeness (QED) is 0.117. The van der Waals surface area contributed by atoms with E-state index >= 15 is 0 Å². The second kappa shape index (κ2) is 15.8. The Labute approximate surface area is 249 Å². The molecule has 0 heterocycles. The molecule has 0 aliphatic heterocycles. The topological polar surface area (TPSA) is 0 Å². The predicted molar refractivity (Wildman–Crippen MR) is 161 cm³/mol. The first-order valence-corrected chi connectivity index (χ1v) is 14.8. The van der Waals surface area contributed by atoms with Gasteiger partial charge in [-0.3, -0.25) is 0 Å². The molecule has 0 aromatic heterocycles. The molecule has 0 spiro atoms. The van der Waals surface area contributed by atoms with Crippen LogP contribution in [0.4, 0.5) is 0 Å². The standard InChI is InChI=1S/2C17H14P.Fe.Ni/c2*1-3-9-15(10-4-1)18(17-13-7-8-14-17)16-11-5-2-6-12-16;;/h2*1-14H;;/q2*-1;+2;. The van der Waals surface area contributed by atoms with Crippen LogP contribution in [-0.2, 0) is 33.6 Å². The van der Waals surface area contributed by atoms with E-state index in [0.717, 1.165) is 0 Å². The van der Waals surface area contributed by atoms with Crippen LogP contribution in [0.5, 0.6) is 0 Å². The molecular weight excluding hydrogens is 585 g/mol. The van der Waals surface area contributed by atoms with Crippen molar-refractivity contribution in [2.45, 2.75) is 0 Å². The Balaban J connectivity index is 0.000000200. The maximum Gasteiger partial charge on any atom is 2.00 e. The van der Waals surface area contributed by atoms with Gasteiger partial charge in [-0.15, -0.1) is 10.6 Å². The molecule has 6 rings (SSSR count). The second-order valence-corrected chi connectivity index (χ2v) is 12.7. The van der Waals surface area contributed by atoms with Gasteiger partial charge in [0.25, 0.3) is 0 Å². The van der Waals surface area contributed by atoms with Gasteiger partial charge in [-0.25, -0.2) is 24.3 Å². The Morgan fingerprint density at radius 1 is 0.342 bits per heavy atom. The Kier molecular flexibility index (Phi) is 12.4. The monoisotopic (exact) mass is 612 g/mol. The summed E-state index contributed by atoms with van der Waals surface area (Å²) in [7, 11) is -0.818. The summed E-state index contributed by atoms with van der Waals surface area (Å²) in [6.45, 7) is 0. The summed E-state index contributed by atoms with van der Waals surface area (Å²) >= 11 is 0. The van der Waals surface area contributed by atoms with Crippen LogP contribution in [-0.4, -0.2) is 0 Å². The molecule has 0 aliphatic rings. The minimum absolute atomic E-state index is 0. The van der Waals surface area contributed by atoms with Crippen LogP contribution in [0.15, 0.2) is 170 Å². The molecule has 0 saturated carbocycles. The van der Waals surface area contributed by atoms with Crippen molar-refractivity contribution in [3.05, 3.63) is 170 Å². The van der Waals surface area contributed by atoms with Gasteiger partial charge in [0.1, 0.15) is 0 Å². The normalized spacial score (nSPS) is 10.2. The summed E-state index contributed by atoms with van der Waals surface area (Å²) in [6, 6.07) is 60.5. The zero-order chi connectivity index (χ0) is 24.4. The molecule has 6 aromatic rings. The van der Waals surface area contributed by atoms with Crippen LogP contribution in [0.2, 0.25) is 0 Å². The Morgan fingerprint density at radius 2 is 0.605 bits per heavy atom. The molecule has 0 saturated heterocycles.